The van der Waals surface area contributed by atoms with Crippen LogP contribution < -0.4 is 10.9 Å². The zero-order valence-corrected chi connectivity index (χ0v) is 15.8. The Hall–Kier alpha value is -2.84. The van der Waals surface area contributed by atoms with Gasteiger partial charge in [0.2, 0.25) is 5.91 Å². The second-order valence-corrected chi connectivity index (χ2v) is 6.88. The number of nitrogens with one attached hydrogen (secondary N) is 1. The molecule has 3 heterocycles. The number of imidazole rings is 1. The van der Waals surface area contributed by atoms with Crippen molar-refractivity contribution < 1.29 is 9.21 Å². The van der Waals surface area contributed by atoms with E-state index in [1.165, 1.54) is 23.0 Å². The summed E-state index contributed by atoms with van der Waals surface area (Å²) in [5.41, 5.74) is 2.71. The Morgan fingerprint density at radius 2 is 2.00 bits per heavy atom. The summed E-state index contributed by atoms with van der Waals surface area (Å²) in [7, 11) is 1.64. The van der Waals surface area contributed by atoms with Gasteiger partial charge in [-0.15, -0.1) is 0 Å². The Morgan fingerprint density at radius 1 is 1.26 bits per heavy atom. The van der Waals surface area contributed by atoms with Gasteiger partial charge in [0.05, 0.1) is 21.9 Å². The van der Waals surface area contributed by atoms with Crippen molar-refractivity contribution in [3.63, 3.8) is 0 Å². The molecule has 1 aromatic carbocycles. The largest absolute Gasteiger partial charge is 0.423 e. The minimum absolute atomic E-state index is 0.0181. The highest BCUT2D eigenvalue weighted by Crippen LogP contribution is 2.29. The predicted octanol–water partition coefficient (Wildman–Crippen LogP) is 3.13. The number of hydrogen-bond acceptors (Lipinski definition) is 5. The zero-order chi connectivity index (χ0) is 19.3. The van der Waals surface area contributed by atoms with Crippen molar-refractivity contribution in [3.8, 4) is 0 Å². The van der Waals surface area contributed by atoms with E-state index in [9.17, 15) is 9.59 Å². The van der Waals surface area contributed by atoms with Gasteiger partial charge >= 0.3 is 6.01 Å². The maximum Gasteiger partial charge on any atom is 0.302 e. The number of aromatic nitrogens is 4. The van der Waals surface area contributed by atoms with E-state index in [-0.39, 0.29) is 24.0 Å². The summed E-state index contributed by atoms with van der Waals surface area (Å²) in [5.74, 6) is -0.355. The molecule has 10 heteroatoms. The first-order valence-corrected chi connectivity index (χ1v) is 8.66. The molecular formula is C17H13Cl2N5O3. The van der Waals surface area contributed by atoms with Crippen molar-refractivity contribution in [2.75, 3.05) is 5.32 Å². The number of carbonyl (C=O) groups is 1. The maximum absolute atomic E-state index is 12.4. The third-order valence-corrected chi connectivity index (χ3v) is 4.89. The minimum Gasteiger partial charge on any atom is -0.423 e. The van der Waals surface area contributed by atoms with Gasteiger partial charge in [-0.3, -0.25) is 19.5 Å². The minimum atomic E-state index is -0.355. The van der Waals surface area contributed by atoms with Crippen molar-refractivity contribution in [2.24, 2.45) is 7.05 Å². The molecule has 4 rings (SSSR count). The molecule has 0 aliphatic carbocycles. The number of halogens is 2. The third-order valence-electron chi connectivity index (χ3n) is 4.17. The van der Waals surface area contributed by atoms with Crippen molar-refractivity contribution in [1.82, 2.24) is 19.1 Å². The van der Waals surface area contributed by atoms with Gasteiger partial charge in [-0.25, -0.2) is 4.98 Å². The topological polar surface area (TPSA) is 95.0 Å². The van der Waals surface area contributed by atoms with Gasteiger partial charge in [0, 0.05) is 19.2 Å². The van der Waals surface area contributed by atoms with Gasteiger partial charge in [0.1, 0.15) is 12.1 Å². The van der Waals surface area contributed by atoms with Crippen LogP contribution in [-0.4, -0.2) is 25.0 Å². The highest BCUT2D eigenvalue weighted by atomic mass is 35.5. The van der Waals surface area contributed by atoms with Gasteiger partial charge in [-0.2, -0.15) is 4.98 Å². The number of carbonyl (C=O) groups excluding carboxylic acids is 1. The van der Waals surface area contributed by atoms with Crippen LogP contribution in [-0.2, 0) is 18.4 Å². The van der Waals surface area contributed by atoms with Gasteiger partial charge in [-0.05, 0) is 18.6 Å². The molecule has 27 heavy (non-hydrogen) atoms. The number of aryl methyl sites for hydroxylation is 2. The fourth-order valence-corrected chi connectivity index (χ4v) is 3.20. The molecule has 0 radical (unpaired) electrons. The van der Waals surface area contributed by atoms with Gasteiger partial charge < -0.3 is 8.98 Å². The average molecular weight is 406 g/mol. The van der Waals surface area contributed by atoms with Crippen LogP contribution in [0.1, 0.15) is 5.56 Å². The summed E-state index contributed by atoms with van der Waals surface area (Å²) in [6.07, 6.45) is 1.52. The first-order valence-electron chi connectivity index (χ1n) is 7.90. The molecule has 138 valence electrons. The summed E-state index contributed by atoms with van der Waals surface area (Å²) < 4.78 is 8.58. The van der Waals surface area contributed by atoms with Crippen LogP contribution in [0.2, 0.25) is 10.0 Å². The standard InChI is InChI=1S/C17H13Cl2N5O3/c1-8-3-14(26)23(2)16-15(8)24(7-20-16)6-13(25)22-17-21-11-4-9(18)10(19)5-12(11)27-17/h3-5,7H,6H2,1-2H3,(H,21,22,25). The van der Waals surface area contributed by atoms with Crippen molar-refractivity contribution in [2.45, 2.75) is 13.5 Å². The number of nitrogens with zero attached hydrogens (tertiary/aromatic N) is 4. The molecule has 3 aromatic heterocycles. The van der Waals surface area contributed by atoms with E-state index < -0.39 is 0 Å². The summed E-state index contributed by atoms with van der Waals surface area (Å²) >= 11 is 11.9. The molecule has 1 N–H and O–H groups in total. The Bertz CT molecular complexity index is 1230. The normalized spacial score (nSPS) is 11.4. The molecule has 1 amide bonds. The van der Waals surface area contributed by atoms with Crippen LogP contribution in [0.15, 0.2) is 33.7 Å². The maximum atomic E-state index is 12.4. The van der Waals surface area contributed by atoms with Crippen LogP contribution in [0, 0.1) is 6.92 Å². The van der Waals surface area contributed by atoms with Crippen LogP contribution in [0.25, 0.3) is 22.3 Å². The molecule has 0 fully saturated rings. The number of rotatable bonds is 3. The summed E-state index contributed by atoms with van der Waals surface area (Å²) in [5, 5.41) is 3.28. The molecule has 0 unspecified atom stereocenters. The van der Waals surface area contributed by atoms with E-state index in [1.54, 1.807) is 24.6 Å². The van der Waals surface area contributed by atoms with E-state index in [4.69, 9.17) is 27.6 Å². The summed E-state index contributed by atoms with van der Waals surface area (Å²) in [6, 6.07) is 4.65. The van der Waals surface area contributed by atoms with Crippen LogP contribution in [0.3, 0.4) is 0 Å². The van der Waals surface area contributed by atoms with Gasteiger partial charge in [0.25, 0.3) is 5.56 Å². The molecule has 0 saturated heterocycles. The SMILES string of the molecule is Cc1cc(=O)n(C)c2ncn(CC(=O)Nc3nc4cc(Cl)c(Cl)cc4o3)c12. The van der Waals surface area contributed by atoms with E-state index >= 15 is 0 Å². The third kappa shape index (κ3) is 3.07. The van der Waals surface area contributed by atoms with Crippen molar-refractivity contribution in [1.29, 1.82) is 0 Å². The Balaban J connectivity index is 1.61. The number of amides is 1. The van der Waals surface area contributed by atoms with E-state index in [0.29, 0.717) is 32.3 Å². The molecule has 4 aromatic rings. The van der Waals surface area contributed by atoms with E-state index in [2.05, 4.69) is 15.3 Å². The highest BCUT2D eigenvalue weighted by Gasteiger charge is 2.15. The first kappa shape index (κ1) is 17.6. The number of anilines is 1. The number of hydrogen-bond donors (Lipinski definition) is 1. The summed E-state index contributed by atoms with van der Waals surface area (Å²) in [4.78, 5) is 32.7. The fraction of sp³-hybridized carbons (Fsp3) is 0.176. The lowest BCUT2D eigenvalue weighted by Crippen LogP contribution is -2.20. The van der Waals surface area contributed by atoms with Gasteiger partial charge in [0.15, 0.2) is 11.2 Å². The molecule has 0 aliphatic heterocycles. The lowest BCUT2D eigenvalue weighted by Gasteiger charge is -2.07. The van der Waals surface area contributed by atoms with Gasteiger partial charge in [-0.1, -0.05) is 23.2 Å². The van der Waals surface area contributed by atoms with Crippen LogP contribution in [0.5, 0.6) is 0 Å². The molecule has 0 aliphatic rings. The number of pyridine rings is 1. The average Bonchev–Trinajstić information content (AvgIpc) is 3.17. The Morgan fingerprint density at radius 3 is 2.78 bits per heavy atom. The van der Waals surface area contributed by atoms with Crippen LogP contribution in [0.4, 0.5) is 6.01 Å². The predicted molar refractivity (Wildman–Crippen MR) is 102 cm³/mol. The first-order chi connectivity index (χ1) is 12.8. The van der Waals surface area contributed by atoms with E-state index in [0.717, 1.165) is 5.56 Å². The molecular weight excluding hydrogens is 393 g/mol. The zero-order valence-electron chi connectivity index (χ0n) is 14.3. The lowest BCUT2D eigenvalue weighted by molar-refractivity contribution is -0.116. The molecule has 0 atom stereocenters. The molecule has 0 saturated carbocycles. The Labute approximate surface area is 162 Å². The second-order valence-electron chi connectivity index (χ2n) is 6.07. The number of benzene rings is 1. The lowest BCUT2D eigenvalue weighted by atomic mass is 10.2. The molecule has 8 nitrogen and oxygen atoms in total. The highest BCUT2D eigenvalue weighted by molar-refractivity contribution is 6.42. The number of oxazole rings is 1. The van der Waals surface area contributed by atoms with Crippen molar-refractivity contribution in [3.05, 3.63) is 50.5 Å². The summed E-state index contributed by atoms with van der Waals surface area (Å²) in [6.45, 7) is 1.78. The quantitative estimate of drug-likeness (QED) is 0.564. The fourth-order valence-electron chi connectivity index (χ4n) is 2.89. The Kier molecular flexibility index (Phi) is 4.16. The van der Waals surface area contributed by atoms with Crippen LogP contribution >= 0.6 is 23.2 Å². The number of fused-ring (bicyclic) bond motifs is 2. The molecule has 0 bridgehead atoms. The monoisotopic (exact) mass is 405 g/mol. The van der Waals surface area contributed by atoms with Crippen molar-refractivity contribution >= 4 is 57.4 Å². The van der Waals surface area contributed by atoms with E-state index in [1.807, 2.05) is 0 Å². The smallest absolute Gasteiger partial charge is 0.302 e. The molecule has 0 spiro atoms. The second kappa shape index (κ2) is 6.40.